The lowest BCUT2D eigenvalue weighted by atomic mass is 10.3. The van der Waals surface area contributed by atoms with Crippen LogP contribution in [0.15, 0.2) is 74.8 Å². The summed E-state index contributed by atoms with van der Waals surface area (Å²) in [4.78, 5) is 30.6. The molecule has 5 aromatic rings. The molecule has 0 aliphatic rings. The van der Waals surface area contributed by atoms with Gasteiger partial charge in [-0.3, -0.25) is 13.8 Å². The molecule has 0 aliphatic heterocycles. The van der Waals surface area contributed by atoms with Gasteiger partial charge < -0.3 is 4.74 Å². The first kappa shape index (κ1) is 19.5. The minimum absolute atomic E-state index is 0.0898. The molecule has 4 aromatic heterocycles. The van der Waals surface area contributed by atoms with E-state index in [4.69, 9.17) is 4.74 Å². The van der Waals surface area contributed by atoms with Crippen LogP contribution in [-0.2, 0) is 18.4 Å². The van der Waals surface area contributed by atoms with Gasteiger partial charge in [0, 0.05) is 18.1 Å². The molecule has 8 nitrogen and oxygen atoms in total. The van der Waals surface area contributed by atoms with Gasteiger partial charge in [0.2, 0.25) is 5.78 Å². The maximum Gasteiger partial charge on any atom is 0.341 e. The Morgan fingerprint density at radius 2 is 1.97 bits per heavy atom. The molecule has 0 N–H and O–H groups in total. The third kappa shape index (κ3) is 3.49. The van der Waals surface area contributed by atoms with Crippen molar-refractivity contribution in [2.24, 2.45) is 7.05 Å². The molecule has 0 saturated heterocycles. The number of benzene rings is 1. The first-order valence-electron chi connectivity index (χ1n) is 9.28. The van der Waals surface area contributed by atoms with Crippen LogP contribution in [0.5, 0.6) is 0 Å². The molecule has 0 radical (unpaired) electrons. The summed E-state index contributed by atoms with van der Waals surface area (Å²) in [5, 5.41) is 10.6. The molecule has 31 heavy (non-hydrogen) atoms. The van der Waals surface area contributed by atoms with Gasteiger partial charge in [-0.05, 0) is 35.7 Å². The summed E-state index contributed by atoms with van der Waals surface area (Å²) in [5.74, 6) is 0.321. The summed E-state index contributed by atoms with van der Waals surface area (Å²) in [6, 6.07) is 14.9. The fraction of sp³-hybridized carbons (Fsp3) is 0.0952. The van der Waals surface area contributed by atoms with Crippen molar-refractivity contribution in [3.8, 4) is 0 Å². The summed E-state index contributed by atoms with van der Waals surface area (Å²) in [6.45, 7) is -0.0898. The van der Waals surface area contributed by atoms with E-state index in [1.807, 2.05) is 41.8 Å². The van der Waals surface area contributed by atoms with Gasteiger partial charge >= 0.3 is 5.97 Å². The second kappa shape index (κ2) is 7.97. The number of esters is 1. The van der Waals surface area contributed by atoms with E-state index in [-0.39, 0.29) is 12.2 Å². The van der Waals surface area contributed by atoms with Crippen molar-refractivity contribution in [1.29, 1.82) is 0 Å². The van der Waals surface area contributed by atoms with E-state index >= 15 is 0 Å². The standard InChI is InChI=1S/C21H15N5O3S2/c1-25-19(27)17-15(9-11-30-17)26-16(23-24-21(25)26)12-29-20(28)14-8-5-10-22-18(14)31-13-6-3-2-4-7-13/h2-11H,12H2,1H3. The monoisotopic (exact) mass is 449 g/mol. The summed E-state index contributed by atoms with van der Waals surface area (Å²) < 4.78 is 9.33. The Balaban J connectivity index is 1.43. The predicted molar refractivity (Wildman–Crippen MR) is 118 cm³/mol. The topological polar surface area (TPSA) is 91.4 Å². The number of thiophene rings is 1. The molecule has 0 amide bonds. The minimum atomic E-state index is -0.505. The number of hydrogen-bond acceptors (Lipinski definition) is 8. The fourth-order valence-electron chi connectivity index (χ4n) is 3.18. The SMILES string of the molecule is Cn1c(=O)c2sccc2n2c(COC(=O)c3cccnc3Sc3ccccc3)nnc12. The van der Waals surface area contributed by atoms with Gasteiger partial charge in [-0.25, -0.2) is 9.78 Å². The zero-order valence-electron chi connectivity index (χ0n) is 16.3. The average molecular weight is 450 g/mol. The molecule has 0 atom stereocenters. The Morgan fingerprint density at radius 1 is 1.13 bits per heavy atom. The van der Waals surface area contributed by atoms with Gasteiger partial charge in [0.1, 0.15) is 9.73 Å². The van der Waals surface area contributed by atoms with Gasteiger partial charge in [0.15, 0.2) is 12.4 Å². The highest BCUT2D eigenvalue weighted by Crippen LogP contribution is 2.29. The highest BCUT2D eigenvalue weighted by atomic mass is 32.2. The lowest BCUT2D eigenvalue weighted by molar-refractivity contribution is 0.0456. The predicted octanol–water partition coefficient (Wildman–Crippen LogP) is 3.55. The smallest absolute Gasteiger partial charge is 0.341 e. The number of carbonyl (C=O) groups is 1. The number of nitrogens with zero attached hydrogens (tertiary/aromatic N) is 5. The first-order valence-corrected chi connectivity index (χ1v) is 11.0. The van der Waals surface area contributed by atoms with Crippen LogP contribution < -0.4 is 5.56 Å². The van der Waals surface area contributed by atoms with Crippen LogP contribution in [0.2, 0.25) is 0 Å². The molecule has 0 aliphatic carbocycles. The molecule has 0 fully saturated rings. The Hall–Kier alpha value is -3.50. The number of carbonyl (C=O) groups excluding carboxylic acids is 1. The van der Waals surface area contributed by atoms with E-state index in [2.05, 4.69) is 15.2 Å². The number of aryl methyl sites for hydroxylation is 1. The highest BCUT2D eigenvalue weighted by Gasteiger charge is 2.19. The van der Waals surface area contributed by atoms with Crippen LogP contribution in [-0.4, -0.2) is 30.1 Å². The molecule has 154 valence electrons. The number of fused-ring (bicyclic) bond motifs is 3. The molecule has 0 unspecified atom stereocenters. The lowest BCUT2D eigenvalue weighted by Gasteiger charge is -2.09. The van der Waals surface area contributed by atoms with Gasteiger partial charge in [0.25, 0.3) is 5.56 Å². The van der Waals surface area contributed by atoms with E-state index in [1.54, 1.807) is 29.8 Å². The molecule has 0 bridgehead atoms. The highest BCUT2D eigenvalue weighted by molar-refractivity contribution is 7.99. The van der Waals surface area contributed by atoms with Crippen molar-refractivity contribution in [3.05, 3.63) is 81.8 Å². The van der Waals surface area contributed by atoms with E-state index in [9.17, 15) is 9.59 Å². The fourth-order valence-corrected chi connectivity index (χ4v) is 4.92. The number of ether oxygens (including phenoxy) is 1. The van der Waals surface area contributed by atoms with E-state index < -0.39 is 5.97 Å². The first-order chi connectivity index (χ1) is 15.1. The van der Waals surface area contributed by atoms with Gasteiger partial charge in [0.05, 0.1) is 11.1 Å². The zero-order valence-corrected chi connectivity index (χ0v) is 17.9. The molecule has 1 aromatic carbocycles. The van der Waals surface area contributed by atoms with Crippen LogP contribution in [0, 0.1) is 0 Å². The Kier molecular flexibility index (Phi) is 5.00. The molecule has 4 heterocycles. The summed E-state index contributed by atoms with van der Waals surface area (Å²) in [6.07, 6.45) is 1.64. The van der Waals surface area contributed by atoms with Crippen molar-refractivity contribution in [1.82, 2.24) is 24.1 Å². The van der Waals surface area contributed by atoms with Gasteiger partial charge in [-0.2, -0.15) is 0 Å². The van der Waals surface area contributed by atoms with E-state index in [0.29, 0.717) is 32.4 Å². The summed E-state index contributed by atoms with van der Waals surface area (Å²) in [7, 11) is 1.64. The molecule has 5 rings (SSSR count). The summed E-state index contributed by atoms with van der Waals surface area (Å²) in [5.41, 5.74) is 0.936. The van der Waals surface area contributed by atoms with Crippen LogP contribution in [0.3, 0.4) is 0 Å². The molecule has 10 heteroatoms. The third-order valence-corrected chi connectivity index (χ3v) is 6.60. The number of rotatable bonds is 5. The Morgan fingerprint density at radius 3 is 2.81 bits per heavy atom. The van der Waals surface area contributed by atoms with Crippen LogP contribution >= 0.6 is 23.1 Å². The minimum Gasteiger partial charge on any atom is -0.454 e. The van der Waals surface area contributed by atoms with Crippen molar-refractivity contribution in [3.63, 3.8) is 0 Å². The zero-order chi connectivity index (χ0) is 21.4. The molecular weight excluding hydrogens is 434 g/mol. The van der Waals surface area contributed by atoms with E-state index in [1.165, 1.54) is 27.7 Å². The number of aromatic nitrogens is 5. The molecule has 0 spiro atoms. The van der Waals surface area contributed by atoms with Gasteiger partial charge in [-0.15, -0.1) is 21.5 Å². The van der Waals surface area contributed by atoms with Crippen molar-refractivity contribution in [2.45, 2.75) is 16.5 Å². The Labute approximate surface area is 184 Å². The van der Waals surface area contributed by atoms with Gasteiger partial charge in [-0.1, -0.05) is 30.0 Å². The van der Waals surface area contributed by atoms with Crippen LogP contribution in [0.1, 0.15) is 16.2 Å². The molecule has 0 saturated carbocycles. The average Bonchev–Trinajstić information content (AvgIpc) is 3.44. The van der Waals surface area contributed by atoms with Crippen LogP contribution in [0.4, 0.5) is 0 Å². The second-order valence-corrected chi connectivity index (χ2v) is 8.58. The van der Waals surface area contributed by atoms with Crippen molar-refractivity contribution < 1.29 is 9.53 Å². The maximum absolute atomic E-state index is 12.8. The number of pyridine rings is 1. The maximum atomic E-state index is 12.8. The Bertz CT molecular complexity index is 1470. The van der Waals surface area contributed by atoms with E-state index in [0.717, 1.165) is 4.90 Å². The largest absolute Gasteiger partial charge is 0.454 e. The van der Waals surface area contributed by atoms with Crippen molar-refractivity contribution >= 4 is 45.1 Å². The lowest BCUT2D eigenvalue weighted by Crippen LogP contribution is -2.19. The normalized spacial score (nSPS) is 11.3. The quantitative estimate of drug-likeness (QED) is 0.379. The summed E-state index contributed by atoms with van der Waals surface area (Å²) >= 11 is 2.74. The second-order valence-electron chi connectivity index (χ2n) is 6.60. The molecular formula is C21H15N5O3S2. The van der Waals surface area contributed by atoms with Crippen molar-refractivity contribution in [2.75, 3.05) is 0 Å². The third-order valence-electron chi connectivity index (χ3n) is 4.68. The number of hydrogen-bond donors (Lipinski definition) is 0. The van der Waals surface area contributed by atoms with Crippen LogP contribution in [0.25, 0.3) is 16.0 Å².